The highest BCUT2D eigenvalue weighted by Gasteiger charge is 2.35. The average Bonchev–Trinajstić information content (AvgIpc) is 2.52. The van der Waals surface area contributed by atoms with E-state index in [9.17, 15) is 19.1 Å². The first-order chi connectivity index (χ1) is 11.9. The average molecular weight is 348 g/mol. The summed E-state index contributed by atoms with van der Waals surface area (Å²) in [6.07, 6.45) is 3.82. The molecule has 0 spiro atoms. The van der Waals surface area contributed by atoms with E-state index in [2.05, 4.69) is 5.32 Å². The molecule has 3 unspecified atom stereocenters. The normalized spacial score (nSPS) is 25.1. The van der Waals surface area contributed by atoms with Crippen LogP contribution in [0.3, 0.4) is 0 Å². The largest absolute Gasteiger partial charge is 0.481 e. The van der Waals surface area contributed by atoms with Crippen LogP contribution in [0.1, 0.15) is 44.2 Å². The van der Waals surface area contributed by atoms with Gasteiger partial charge in [-0.05, 0) is 48.8 Å². The van der Waals surface area contributed by atoms with Gasteiger partial charge in [-0.3, -0.25) is 4.79 Å². The molecule has 5 nitrogen and oxygen atoms in total. The molecule has 1 aromatic carbocycles. The van der Waals surface area contributed by atoms with Gasteiger partial charge in [0, 0.05) is 13.1 Å². The maximum atomic E-state index is 13.2. The maximum absolute atomic E-state index is 13.2. The van der Waals surface area contributed by atoms with Gasteiger partial charge in [0.05, 0.1) is 12.0 Å². The number of hydrogen-bond acceptors (Lipinski definition) is 2. The van der Waals surface area contributed by atoms with Crippen LogP contribution in [-0.2, 0) is 4.79 Å². The third kappa shape index (κ3) is 4.11. The van der Waals surface area contributed by atoms with E-state index in [-0.39, 0.29) is 30.4 Å². The molecule has 6 heteroatoms. The summed E-state index contributed by atoms with van der Waals surface area (Å²) in [4.78, 5) is 25.7. The van der Waals surface area contributed by atoms with Gasteiger partial charge in [-0.15, -0.1) is 0 Å². The van der Waals surface area contributed by atoms with Crippen LogP contribution < -0.4 is 5.32 Å². The summed E-state index contributed by atoms with van der Waals surface area (Å²) in [6.45, 7) is 2.78. The maximum Gasteiger partial charge on any atom is 0.317 e. The van der Waals surface area contributed by atoms with E-state index < -0.39 is 11.9 Å². The molecule has 0 bridgehead atoms. The number of hydrogen-bond donors (Lipinski definition) is 2. The smallest absolute Gasteiger partial charge is 0.317 e. The number of halogens is 1. The van der Waals surface area contributed by atoms with Crippen molar-refractivity contribution in [2.45, 2.75) is 38.6 Å². The Bertz CT molecular complexity index is 630. The highest BCUT2D eigenvalue weighted by molar-refractivity contribution is 5.77. The van der Waals surface area contributed by atoms with Crippen molar-refractivity contribution in [2.75, 3.05) is 13.1 Å². The minimum atomic E-state index is -0.849. The molecular formula is C19H25FN2O3. The first-order valence-electron chi connectivity index (χ1n) is 8.97. The summed E-state index contributed by atoms with van der Waals surface area (Å²) < 4.78 is 13.2. The molecule has 2 aliphatic rings. The third-order valence-corrected chi connectivity index (χ3v) is 5.43. The van der Waals surface area contributed by atoms with Crippen molar-refractivity contribution in [1.82, 2.24) is 10.2 Å². The predicted octanol–water partition coefficient (Wildman–Crippen LogP) is 3.42. The van der Waals surface area contributed by atoms with Gasteiger partial charge in [0.15, 0.2) is 0 Å². The van der Waals surface area contributed by atoms with Crippen molar-refractivity contribution in [2.24, 2.45) is 17.8 Å². The van der Waals surface area contributed by atoms with Gasteiger partial charge in [0.25, 0.3) is 0 Å². The van der Waals surface area contributed by atoms with Gasteiger partial charge in [-0.1, -0.05) is 25.5 Å². The summed E-state index contributed by atoms with van der Waals surface area (Å²) in [5.74, 6) is -1.14. The molecule has 3 rings (SSSR count). The van der Waals surface area contributed by atoms with Crippen LogP contribution in [0.4, 0.5) is 9.18 Å². The molecule has 1 aliphatic carbocycles. The van der Waals surface area contributed by atoms with E-state index in [0.29, 0.717) is 18.9 Å². The number of carbonyl (C=O) groups excluding carboxylic acids is 1. The fraction of sp³-hybridized carbons (Fsp3) is 0.579. The Morgan fingerprint density at radius 2 is 1.92 bits per heavy atom. The quantitative estimate of drug-likeness (QED) is 0.876. The molecule has 1 saturated heterocycles. The van der Waals surface area contributed by atoms with Crippen molar-refractivity contribution in [3.8, 4) is 0 Å². The molecule has 2 amide bonds. The standard InChI is InChI=1S/C19H25FN2O3/c1-12-9-15(18(23)24)11-22(10-12)19(25)21-17(13-3-2-4-13)14-5-7-16(20)8-6-14/h5-8,12-13,15,17H,2-4,9-11H2,1H3,(H,21,25)(H,23,24). The topological polar surface area (TPSA) is 69.6 Å². The lowest BCUT2D eigenvalue weighted by Crippen LogP contribution is -2.51. The Labute approximate surface area is 147 Å². The van der Waals surface area contributed by atoms with Crippen molar-refractivity contribution in [3.05, 3.63) is 35.6 Å². The highest BCUT2D eigenvalue weighted by Crippen LogP contribution is 2.38. The summed E-state index contributed by atoms with van der Waals surface area (Å²) in [5, 5.41) is 12.4. The minimum Gasteiger partial charge on any atom is -0.481 e. The number of carboxylic acids is 1. The van der Waals surface area contributed by atoms with Crippen LogP contribution >= 0.6 is 0 Å². The van der Waals surface area contributed by atoms with Crippen molar-refractivity contribution >= 4 is 12.0 Å². The molecule has 1 aromatic rings. The van der Waals surface area contributed by atoms with E-state index in [1.807, 2.05) is 6.92 Å². The molecule has 25 heavy (non-hydrogen) atoms. The van der Waals surface area contributed by atoms with E-state index >= 15 is 0 Å². The van der Waals surface area contributed by atoms with Crippen LogP contribution in [-0.4, -0.2) is 35.1 Å². The number of benzene rings is 1. The van der Waals surface area contributed by atoms with Crippen LogP contribution in [0.25, 0.3) is 0 Å². The second-order valence-corrected chi connectivity index (χ2v) is 7.45. The number of nitrogens with zero attached hydrogens (tertiary/aromatic N) is 1. The molecule has 0 radical (unpaired) electrons. The van der Waals surface area contributed by atoms with Crippen LogP contribution in [0.2, 0.25) is 0 Å². The van der Waals surface area contributed by atoms with E-state index in [1.165, 1.54) is 12.1 Å². The summed E-state index contributed by atoms with van der Waals surface area (Å²) in [5.41, 5.74) is 0.902. The zero-order chi connectivity index (χ0) is 18.0. The van der Waals surface area contributed by atoms with Gasteiger partial charge < -0.3 is 15.3 Å². The van der Waals surface area contributed by atoms with Crippen LogP contribution in [0.15, 0.2) is 24.3 Å². The monoisotopic (exact) mass is 348 g/mol. The first kappa shape index (κ1) is 17.7. The Kier molecular flexibility index (Phi) is 5.25. The SMILES string of the molecule is CC1CC(C(=O)O)CN(C(=O)NC(c2ccc(F)cc2)C2CCC2)C1. The fourth-order valence-electron chi connectivity index (χ4n) is 3.84. The van der Waals surface area contributed by atoms with Crippen LogP contribution in [0.5, 0.6) is 0 Å². The van der Waals surface area contributed by atoms with E-state index in [0.717, 1.165) is 24.8 Å². The number of carboxylic acid groups (broad SMARTS) is 1. The molecular weight excluding hydrogens is 323 g/mol. The Hall–Kier alpha value is -2.11. The number of amides is 2. The lowest BCUT2D eigenvalue weighted by molar-refractivity contribution is -0.143. The van der Waals surface area contributed by atoms with E-state index in [4.69, 9.17) is 0 Å². The van der Waals surface area contributed by atoms with Gasteiger partial charge >= 0.3 is 12.0 Å². The van der Waals surface area contributed by atoms with Crippen molar-refractivity contribution in [3.63, 3.8) is 0 Å². The Balaban J connectivity index is 1.71. The van der Waals surface area contributed by atoms with E-state index in [1.54, 1.807) is 17.0 Å². The van der Waals surface area contributed by atoms with Crippen molar-refractivity contribution in [1.29, 1.82) is 0 Å². The molecule has 2 N–H and O–H groups in total. The highest BCUT2D eigenvalue weighted by atomic mass is 19.1. The second-order valence-electron chi connectivity index (χ2n) is 7.45. The lowest BCUT2D eigenvalue weighted by atomic mass is 9.77. The Morgan fingerprint density at radius 1 is 1.24 bits per heavy atom. The van der Waals surface area contributed by atoms with Gasteiger partial charge in [0.2, 0.25) is 0 Å². The number of rotatable bonds is 4. The number of aliphatic carboxylic acids is 1. The summed E-state index contributed by atoms with van der Waals surface area (Å²) in [6, 6.07) is 5.89. The molecule has 0 aromatic heterocycles. The molecule has 1 heterocycles. The van der Waals surface area contributed by atoms with Gasteiger partial charge in [0.1, 0.15) is 5.82 Å². The number of piperidine rings is 1. The molecule has 2 fully saturated rings. The fourth-order valence-corrected chi connectivity index (χ4v) is 3.84. The van der Waals surface area contributed by atoms with Crippen molar-refractivity contribution < 1.29 is 19.1 Å². The predicted molar refractivity (Wildman–Crippen MR) is 91.5 cm³/mol. The zero-order valence-electron chi connectivity index (χ0n) is 14.5. The molecule has 1 aliphatic heterocycles. The van der Waals surface area contributed by atoms with Crippen LogP contribution in [0, 0.1) is 23.6 Å². The summed E-state index contributed by atoms with van der Waals surface area (Å²) >= 11 is 0. The summed E-state index contributed by atoms with van der Waals surface area (Å²) in [7, 11) is 0. The first-order valence-corrected chi connectivity index (χ1v) is 8.97. The van der Waals surface area contributed by atoms with Gasteiger partial charge in [-0.25, -0.2) is 9.18 Å². The molecule has 1 saturated carbocycles. The minimum absolute atomic E-state index is 0.151. The Morgan fingerprint density at radius 3 is 2.48 bits per heavy atom. The number of carbonyl (C=O) groups is 2. The lowest BCUT2D eigenvalue weighted by Gasteiger charge is -2.39. The second kappa shape index (κ2) is 7.42. The zero-order valence-corrected chi connectivity index (χ0v) is 14.5. The third-order valence-electron chi connectivity index (χ3n) is 5.43. The van der Waals surface area contributed by atoms with Gasteiger partial charge in [-0.2, -0.15) is 0 Å². The number of likely N-dealkylation sites (tertiary alicyclic amines) is 1. The molecule has 3 atom stereocenters. The number of nitrogens with one attached hydrogen (secondary N) is 1. The molecule has 136 valence electrons. The number of urea groups is 1.